The van der Waals surface area contributed by atoms with Crippen LogP contribution in [0.4, 0.5) is 9.80 Å². The van der Waals surface area contributed by atoms with Gasteiger partial charge in [-0.1, -0.05) is 0 Å². The van der Waals surface area contributed by atoms with Gasteiger partial charge in [-0.05, 0) is 19.4 Å². The lowest BCUT2D eigenvalue weighted by Gasteiger charge is -2.30. The van der Waals surface area contributed by atoms with Gasteiger partial charge in [0, 0.05) is 17.8 Å². The molecule has 1 aliphatic heterocycles. The summed E-state index contributed by atoms with van der Waals surface area (Å²) in [5.41, 5.74) is 6.30. The Morgan fingerprint density at radius 2 is 2.19 bits per heavy atom. The molecular weight excluding hydrogens is 294 g/mol. The van der Waals surface area contributed by atoms with Crippen molar-refractivity contribution >= 4 is 28.3 Å². The third-order valence-electron chi connectivity index (χ3n) is 3.16. The lowest BCUT2D eigenvalue weighted by Crippen LogP contribution is -2.33. The molecule has 1 aromatic rings. The van der Waals surface area contributed by atoms with Gasteiger partial charge < -0.3 is 20.9 Å². The van der Waals surface area contributed by atoms with Crippen LogP contribution < -0.4 is 16.4 Å². The number of anilines is 1. The molecule has 0 spiro atoms. The summed E-state index contributed by atoms with van der Waals surface area (Å²) in [5, 5.41) is 14.2. The third-order valence-corrected chi connectivity index (χ3v) is 4.28. The summed E-state index contributed by atoms with van der Waals surface area (Å²) in [5.74, 6) is -0.567. The van der Waals surface area contributed by atoms with Crippen molar-refractivity contribution < 1.29 is 19.4 Å². The Hall–Kier alpha value is -1.64. The second-order valence-corrected chi connectivity index (χ2v) is 6.51. The highest BCUT2D eigenvalue weighted by molar-refractivity contribution is 7.17. The van der Waals surface area contributed by atoms with Crippen molar-refractivity contribution in [2.75, 3.05) is 18.5 Å². The Kier molecular flexibility index (Phi) is 4.50. The summed E-state index contributed by atoms with van der Waals surface area (Å²) in [6, 6.07) is -0.481. The first-order valence-electron chi connectivity index (χ1n) is 6.58. The Bertz CT molecular complexity index is 568. The van der Waals surface area contributed by atoms with Crippen molar-refractivity contribution in [2.45, 2.75) is 32.5 Å². The van der Waals surface area contributed by atoms with E-state index in [0.29, 0.717) is 23.6 Å². The molecule has 0 radical (unpaired) electrons. The fourth-order valence-corrected chi connectivity index (χ4v) is 3.35. The number of primary amides is 1. The van der Waals surface area contributed by atoms with E-state index in [2.05, 4.69) is 10.6 Å². The predicted molar refractivity (Wildman–Crippen MR) is 79.5 cm³/mol. The maximum Gasteiger partial charge on any atom is 0.319 e. The number of carbonyl (C=O) groups is 2. The number of hydrogen-bond donors (Lipinski definition) is 4. The highest BCUT2D eigenvalue weighted by Crippen LogP contribution is 2.40. The smallest absolute Gasteiger partial charge is 0.319 e. The Balaban J connectivity index is 2.28. The number of ether oxygens (including phenoxy) is 1. The van der Waals surface area contributed by atoms with E-state index in [1.165, 1.54) is 11.3 Å². The van der Waals surface area contributed by atoms with Crippen LogP contribution in [0.2, 0.25) is 0 Å². The molecule has 116 valence electrons. The van der Waals surface area contributed by atoms with Gasteiger partial charge in [-0.15, -0.1) is 11.3 Å². The Morgan fingerprint density at radius 3 is 2.81 bits per heavy atom. The van der Waals surface area contributed by atoms with Crippen LogP contribution in [0.1, 0.15) is 34.6 Å². The standard InChI is InChI=1S/C13H19N3O4S/c1-13(2)5-7-8(6-20-13)21-11(9(7)10(14)18)16-12(19)15-3-4-17/h17H,3-6H2,1-2H3,(H2,14,18)(H2,15,16,19). The van der Waals surface area contributed by atoms with Crippen molar-refractivity contribution in [3.05, 3.63) is 16.0 Å². The number of aliphatic hydroxyl groups is 1. The van der Waals surface area contributed by atoms with E-state index >= 15 is 0 Å². The summed E-state index contributed by atoms with van der Waals surface area (Å²) in [4.78, 5) is 24.3. The number of fused-ring (bicyclic) bond motifs is 1. The molecule has 0 unspecified atom stereocenters. The summed E-state index contributed by atoms with van der Waals surface area (Å²) >= 11 is 1.29. The molecular formula is C13H19N3O4S. The molecule has 2 rings (SSSR count). The van der Waals surface area contributed by atoms with Crippen LogP contribution in [-0.4, -0.2) is 35.8 Å². The number of nitrogens with two attached hydrogens (primary N) is 1. The van der Waals surface area contributed by atoms with E-state index in [9.17, 15) is 9.59 Å². The molecule has 5 N–H and O–H groups in total. The zero-order valence-corrected chi connectivity index (χ0v) is 12.8. The second-order valence-electron chi connectivity index (χ2n) is 5.40. The van der Waals surface area contributed by atoms with Gasteiger partial charge in [0.15, 0.2) is 0 Å². The normalized spacial score (nSPS) is 16.1. The average molecular weight is 313 g/mol. The predicted octanol–water partition coefficient (Wildman–Crippen LogP) is 0.812. The molecule has 0 saturated carbocycles. The molecule has 0 fully saturated rings. The van der Waals surface area contributed by atoms with E-state index in [0.717, 1.165) is 10.4 Å². The quantitative estimate of drug-likeness (QED) is 0.658. The third kappa shape index (κ3) is 3.52. The Morgan fingerprint density at radius 1 is 1.48 bits per heavy atom. The average Bonchev–Trinajstić information content (AvgIpc) is 2.72. The van der Waals surface area contributed by atoms with Crippen LogP contribution >= 0.6 is 11.3 Å². The maximum atomic E-state index is 11.7. The van der Waals surface area contributed by atoms with Gasteiger partial charge in [0.05, 0.1) is 24.4 Å². The minimum Gasteiger partial charge on any atom is -0.395 e. The molecule has 3 amide bonds. The van der Waals surface area contributed by atoms with Gasteiger partial charge in [-0.25, -0.2) is 4.79 Å². The van der Waals surface area contributed by atoms with Crippen molar-refractivity contribution in [1.29, 1.82) is 0 Å². The van der Waals surface area contributed by atoms with Crippen molar-refractivity contribution in [2.24, 2.45) is 5.73 Å². The van der Waals surface area contributed by atoms with Crippen LogP contribution in [-0.2, 0) is 17.8 Å². The summed E-state index contributed by atoms with van der Waals surface area (Å²) in [7, 11) is 0. The summed E-state index contributed by atoms with van der Waals surface area (Å²) in [6.45, 7) is 4.27. The maximum absolute atomic E-state index is 11.7. The minimum atomic E-state index is -0.567. The van der Waals surface area contributed by atoms with Crippen LogP contribution in [0.5, 0.6) is 0 Å². The molecule has 0 atom stereocenters. The van der Waals surface area contributed by atoms with Crippen molar-refractivity contribution in [1.82, 2.24) is 5.32 Å². The Labute approximate surface area is 126 Å². The largest absolute Gasteiger partial charge is 0.395 e. The number of urea groups is 1. The van der Waals surface area contributed by atoms with Crippen molar-refractivity contribution in [3.8, 4) is 0 Å². The van der Waals surface area contributed by atoms with Gasteiger partial charge in [-0.2, -0.15) is 0 Å². The lowest BCUT2D eigenvalue weighted by atomic mass is 9.93. The van der Waals surface area contributed by atoms with Crippen LogP contribution in [0.25, 0.3) is 0 Å². The number of hydrogen-bond acceptors (Lipinski definition) is 5. The fourth-order valence-electron chi connectivity index (χ4n) is 2.22. The van der Waals surface area contributed by atoms with E-state index in [1.54, 1.807) is 0 Å². The zero-order valence-electron chi connectivity index (χ0n) is 12.0. The number of amides is 3. The zero-order chi connectivity index (χ0) is 15.6. The molecule has 0 aromatic carbocycles. The molecule has 0 aliphatic carbocycles. The van der Waals surface area contributed by atoms with Crippen LogP contribution in [0.15, 0.2) is 0 Å². The first-order chi connectivity index (χ1) is 9.84. The second kappa shape index (κ2) is 6.00. The van der Waals surface area contributed by atoms with Crippen LogP contribution in [0.3, 0.4) is 0 Å². The topological polar surface area (TPSA) is 114 Å². The molecule has 1 aliphatic rings. The van der Waals surface area contributed by atoms with E-state index in [4.69, 9.17) is 15.6 Å². The number of thiophene rings is 1. The molecule has 2 heterocycles. The van der Waals surface area contributed by atoms with Gasteiger partial charge in [0.2, 0.25) is 0 Å². The highest BCUT2D eigenvalue weighted by atomic mass is 32.1. The van der Waals surface area contributed by atoms with E-state index in [-0.39, 0.29) is 18.8 Å². The number of carbonyl (C=O) groups excluding carboxylic acids is 2. The monoisotopic (exact) mass is 313 g/mol. The van der Waals surface area contributed by atoms with Gasteiger partial charge in [0.1, 0.15) is 5.00 Å². The summed E-state index contributed by atoms with van der Waals surface area (Å²) in [6.07, 6.45) is 0.567. The van der Waals surface area contributed by atoms with E-state index < -0.39 is 11.9 Å². The fraction of sp³-hybridized carbons (Fsp3) is 0.538. The first kappa shape index (κ1) is 15.7. The van der Waals surface area contributed by atoms with Gasteiger partial charge in [-0.3, -0.25) is 10.1 Å². The highest BCUT2D eigenvalue weighted by Gasteiger charge is 2.33. The number of aliphatic hydroxyl groups excluding tert-OH is 1. The molecule has 1 aromatic heterocycles. The molecule has 21 heavy (non-hydrogen) atoms. The lowest BCUT2D eigenvalue weighted by molar-refractivity contribution is -0.0383. The SMILES string of the molecule is CC1(C)Cc2c(sc(NC(=O)NCCO)c2C(N)=O)CO1. The molecule has 0 saturated heterocycles. The first-order valence-corrected chi connectivity index (χ1v) is 7.39. The summed E-state index contributed by atoms with van der Waals surface area (Å²) < 4.78 is 5.71. The van der Waals surface area contributed by atoms with Gasteiger partial charge >= 0.3 is 6.03 Å². The molecule has 0 bridgehead atoms. The molecule has 8 heteroatoms. The number of nitrogens with one attached hydrogen (secondary N) is 2. The van der Waals surface area contributed by atoms with Crippen molar-refractivity contribution in [3.63, 3.8) is 0 Å². The minimum absolute atomic E-state index is 0.138. The van der Waals surface area contributed by atoms with Gasteiger partial charge in [0.25, 0.3) is 5.91 Å². The molecule has 7 nitrogen and oxygen atoms in total. The van der Waals surface area contributed by atoms with Crippen LogP contribution in [0, 0.1) is 0 Å². The van der Waals surface area contributed by atoms with E-state index in [1.807, 2.05) is 13.8 Å². The number of rotatable bonds is 4.